The highest BCUT2D eigenvalue weighted by Crippen LogP contribution is 2.29. The zero-order valence-corrected chi connectivity index (χ0v) is 17.6. The van der Waals surface area contributed by atoms with E-state index in [1.807, 2.05) is 26.8 Å². The smallest absolute Gasteiger partial charge is 0.319 e. The fourth-order valence-corrected chi connectivity index (χ4v) is 3.19. The van der Waals surface area contributed by atoms with Crippen LogP contribution in [0, 0.1) is 11.3 Å². The van der Waals surface area contributed by atoms with Crippen molar-refractivity contribution >= 4 is 23.7 Å². The van der Waals surface area contributed by atoms with Crippen molar-refractivity contribution in [2.45, 2.75) is 38.6 Å². The topological polar surface area (TPSA) is 120 Å². The zero-order chi connectivity index (χ0) is 22.3. The molecule has 3 rings (SSSR count). The van der Waals surface area contributed by atoms with Crippen LogP contribution in [0.4, 0.5) is 10.6 Å². The minimum atomic E-state index is -1.31. The molecule has 0 spiro atoms. The number of hydrogen-bond acceptors (Lipinski definition) is 5. The van der Waals surface area contributed by atoms with Gasteiger partial charge in [0.25, 0.3) is 5.91 Å². The lowest BCUT2D eigenvalue weighted by molar-refractivity contribution is -0.133. The molecule has 0 radical (unpaired) electrons. The summed E-state index contributed by atoms with van der Waals surface area (Å²) < 4.78 is 1.55. The van der Waals surface area contributed by atoms with Crippen LogP contribution in [0.5, 0.6) is 0 Å². The van der Waals surface area contributed by atoms with Gasteiger partial charge in [-0.15, -0.1) is 0 Å². The number of rotatable bonds is 4. The Balaban J connectivity index is 1.75. The predicted octanol–water partition coefficient (Wildman–Crippen LogP) is 1.99. The van der Waals surface area contributed by atoms with E-state index in [1.165, 1.54) is 0 Å². The van der Waals surface area contributed by atoms with Gasteiger partial charge in [0.05, 0.1) is 17.3 Å². The maximum Gasteiger partial charge on any atom is 0.325 e. The number of aromatic nitrogens is 2. The lowest BCUT2D eigenvalue weighted by atomic mass is 9.91. The van der Waals surface area contributed by atoms with Crippen molar-refractivity contribution in [2.75, 3.05) is 11.9 Å². The molecule has 30 heavy (non-hydrogen) atoms. The summed E-state index contributed by atoms with van der Waals surface area (Å²) in [5, 5.41) is 18.7. The normalized spacial score (nSPS) is 18.9. The molecule has 2 N–H and O–H groups in total. The van der Waals surface area contributed by atoms with Gasteiger partial charge in [-0.05, 0) is 24.6 Å². The lowest BCUT2D eigenvalue weighted by Gasteiger charge is -2.22. The molecule has 2 aromatic rings. The third-order valence-corrected chi connectivity index (χ3v) is 5.08. The first-order chi connectivity index (χ1) is 14.0. The number of urea groups is 1. The molecule has 156 valence electrons. The Labute approximate surface area is 174 Å². The van der Waals surface area contributed by atoms with Gasteiger partial charge < -0.3 is 10.6 Å². The van der Waals surface area contributed by atoms with Gasteiger partial charge >= 0.3 is 6.03 Å². The van der Waals surface area contributed by atoms with Crippen molar-refractivity contribution in [1.82, 2.24) is 20.0 Å². The number of carbonyl (C=O) groups is 3. The summed E-state index contributed by atoms with van der Waals surface area (Å²) in [4.78, 5) is 38.8. The second kappa shape index (κ2) is 7.30. The predicted molar refractivity (Wildman–Crippen MR) is 109 cm³/mol. The molecular formula is C21H24N6O3. The molecule has 9 heteroatoms. The maximum absolute atomic E-state index is 13.0. The SMILES string of the molecule is Cn1nc(C(C)(C)C)cc1NC(=O)CN1C(=O)NC(C)(c2ccc(C#N)cc2)C1=O. The van der Waals surface area contributed by atoms with Crippen molar-refractivity contribution in [2.24, 2.45) is 7.05 Å². The molecular weight excluding hydrogens is 384 g/mol. The molecule has 1 saturated heterocycles. The second-order valence-electron chi connectivity index (χ2n) is 8.47. The van der Waals surface area contributed by atoms with Gasteiger partial charge in [-0.3, -0.25) is 19.2 Å². The maximum atomic E-state index is 13.0. The number of nitrogens with one attached hydrogen (secondary N) is 2. The third kappa shape index (κ3) is 3.76. The van der Waals surface area contributed by atoms with Crippen molar-refractivity contribution < 1.29 is 14.4 Å². The molecule has 1 aliphatic rings. The number of carbonyl (C=O) groups excluding carboxylic acids is 3. The molecule has 2 heterocycles. The second-order valence-corrected chi connectivity index (χ2v) is 8.47. The first-order valence-corrected chi connectivity index (χ1v) is 9.45. The van der Waals surface area contributed by atoms with Crippen LogP contribution in [-0.2, 0) is 27.6 Å². The Morgan fingerprint density at radius 1 is 1.27 bits per heavy atom. The number of anilines is 1. The molecule has 1 fully saturated rings. The molecule has 0 aliphatic carbocycles. The Kier molecular flexibility index (Phi) is 5.12. The quantitative estimate of drug-likeness (QED) is 0.750. The summed E-state index contributed by atoms with van der Waals surface area (Å²) in [6.45, 7) is 7.18. The van der Waals surface area contributed by atoms with Crippen molar-refractivity contribution in [3.8, 4) is 6.07 Å². The van der Waals surface area contributed by atoms with Gasteiger partial charge in [0.1, 0.15) is 17.9 Å². The summed E-state index contributed by atoms with van der Waals surface area (Å²) in [5.41, 5.74) is 0.292. The van der Waals surface area contributed by atoms with E-state index in [0.717, 1.165) is 10.6 Å². The molecule has 1 aromatic heterocycles. The number of benzene rings is 1. The fourth-order valence-electron chi connectivity index (χ4n) is 3.19. The Hall–Kier alpha value is -3.67. The van der Waals surface area contributed by atoms with Gasteiger partial charge in [-0.25, -0.2) is 4.79 Å². The van der Waals surface area contributed by atoms with Gasteiger partial charge in [-0.1, -0.05) is 32.9 Å². The number of nitriles is 1. The lowest BCUT2D eigenvalue weighted by Crippen LogP contribution is -2.42. The molecule has 4 amide bonds. The average Bonchev–Trinajstić information content (AvgIpc) is 3.15. The fraction of sp³-hybridized carbons (Fsp3) is 0.381. The summed E-state index contributed by atoms with van der Waals surface area (Å²) in [6, 6.07) is 9.50. The minimum absolute atomic E-state index is 0.186. The van der Waals surface area contributed by atoms with E-state index in [4.69, 9.17) is 5.26 Å². The number of amides is 4. The minimum Gasteiger partial charge on any atom is -0.319 e. The zero-order valence-electron chi connectivity index (χ0n) is 17.6. The van der Waals surface area contributed by atoms with E-state index in [0.29, 0.717) is 16.9 Å². The summed E-state index contributed by atoms with van der Waals surface area (Å²) in [6.07, 6.45) is 0. The molecule has 0 bridgehead atoms. The van der Waals surface area contributed by atoms with E-state index >= 15 is 0 Å². The van der Waals surface area contributed by atoms with E-state index in [9.17, 15) is 14.4 Å². The summed E-state index contributed by atoms with van der Waals surface area (Å²) in [5.74, 6) is -0.564. The van der Waals surface area contributed by atoms with Crippen LogP contribution in [0.15, 0.2) is 30.3 Å². The largest absolute Gasteiger partial charge is 0.325 e. The van der Waals surface area contributed by atoms with Gasteiger partial charge in [0, 0.05) is 18.5 Å². The Morgan fingerprint density at radius 3 is 2.43 bits per heavy atom. The van der Waals surface area contributed by atoms with Gasteiger partial charge in [0.2, 0.25) is 5.91 Å². The molecule has 9 nitrogen and oxygen atoms in total. The summed E-state index contributed by atoms with van der Waals surface area (Å²) in [7, 11) is 1.71. The standard InChI is InChI=1S/C21H24N6O3/c1-20(2,3)15-10-16(26(5)25-15)23-17(28)12-27-18(29)21(4,24-19(27)30)14-8-6-13(11-22)7-9-14/h6-10H,12H2,1-5H3,(H,23,28)(H,24,30). The van der Waals surface area contributed by atoms with Crippen LogP contribution in [0.3, 0.4) is 0 Å². The summed E-state index contributed by atoms with van der Waals surface area (Å²) >= 11 is 0. The van der Waals surface area contributed by atoms with E-state index < -0.39 is 29.9 Å². The number of nitrogens with zero attached hydrogens (tertiary/aromatic N) is 4. The van der Waals surface area contributed by atoms with Crippen LogP contribution in [-0.4, -0.2) is 39.1 Å². The number of hydrogen-bond donors (Lipinski definition) is 2. The first kappa shape index (κ1) is 21.0. The average molecular weight is 408 g/mol. The highest BCUT2D eigenvalue weighted by atomic mass is 16.2. The van der Waals surface area contributed by atoms with Crippen LogP contribution in [0.25, 0.3) is 0 Å². The van der Waals surface area contributed by atoms with E-state index in [1.54, 1.807) is 49.0 Å². The van der Waals surface area contributed by atoms with Crippen LogP contribution in [0.2, 0.25) is 0 Å². The third-order valence-electron chi connectivity index (χ3n) is 5.08. The van der Waals surface area contributed by atoms with Crippen molar-refractivity contribution in [3.05, 3.63) is 47.2 Å². The Bertz CT molecular complexity index is 1060. The van der Waals surface area contributed by atoms with Crippen molar-refractivity contribution in [1.29, 1.82) is 5.26 Å². The van der Waals surface area contributed by atoms with Crippen LogP contribution in [0.1, 0.15) is 44.5 Å². The first-order valence-electron chi connectivity index (χ1n) is 9.45. The highest BCUT2D eigenvalue weighted by Gasteiger charge is 2.49. The van der Waals surface area contributed by atoms with Gasteiger partial charge in [0.15, 0.2) is 0 Å². The highest BCUT2D eigenvalue weighted by molar-refractivity contribution is 6.10. The molecule has 0 saturated carbocycles. The van der Waals surface area contributed by atoms with Crippen LogP contribution < -0.4 is 10.6 Å². The molecule has 1 aliphatic heterocycles. The van der Waals surface area contributed by atoms with Gasteiger partial charge in [-0.2, -0.15) is 10.4 Å². The van der Waals surface area contributed by atoms with Crippen LogP contribution >= 0.6 is 0 Å². The molecule has 1 aromatic carbocycles. The molecule has 1 unspecified atom stereocenters. The van der Waals surface area contributed by atoms with E-state index in [2.05, 4.69) is 15.7 Å². The van der Waals surface area contributed by atoms with Crippen molar-refractivity contribution in [3.63, 3.8) is 0 Å². The monoisotopic (exact) mass is 408 g/mol. The molecule has 1 atom stereocenters. The number of imide groups is 1. The van der Waals surface area contributed by atoms with E-state index in [-0.39, 0.29) is 5.41 Å². The Morgan fingerprint density at radius 2 is 1.90 bits per heavy atom. The number of aryl methyl sites for hydroxylation is 1.